The topological polar surface area (TPSA) is 9.23 Å². The number of benzene rings is 4. The Morgan fingerprint density at radius 1 is 0.704 bits per heavy atom. The van der Waals surface area contributed by atoms with E-state index < -0.39 is 0 Å². The molecule has 1 heteroatoms. The lowest BCUT2D eigenvalue weighted by Crippen LogP contribution is -1.91. The predicted octanol–water partition coefficient (Wildman–Crippen LogP) is 6.75. The molecule has 4 rings (SSSR count). The van der Waals surface area contributed by atoms with E-state index in [2.05, 4.69) is 91.9 Å². The minimum atomic E-state index is 0.868. The number of hydrogen-bond acceptors (Lipinski definition) is 1. The standard InChI is InChI=1S/C26H22O/c1-19-7-3-4-9-22(19)18-26(21-13-15-25(27-2)16-14-21)24-12-11-20-8-5-6-10-23(20)17-24/h3-18H,1-2H3/b26-18+. The van der Waals surface area contributed by atoms with Crippen LogP contribution < -0.4 is 4.74 Å². The van der Waals surface area contributed by atoms with Crippen molar-refractivity contribution >= 4 is 22.4 Å². The van der Waals surface area contributed by atoms with Gasteiger partial charge in [-0.15, -0.1) is 0 Å². The van der Waals surface area contributed by atoms with Crippen molar-refractivity contribution in [2.75, 3.05) is 7.11 Å². The molecule has 0 spiro atoms. The second-order valence-electron chi connectivity index (χ2n) is 6.71. The Kier molecular flexibility index (Phi) is 4.76. The highest BCUT2D eigenvalue weighted by Gasteiger charge is 2.08. The van der Waals surface area contributed by atoms with E-state index in [1.165, 1.54) is 38.6 Å². The summed E-state index contributed by atoms with van der Waals surface area (Å²) in [7, 11) is 1.70. The second-order valence-corrected chi connectivity index (χ2v) is 6.71. The summed E-state index contributed by atoms with van der Waals surface area (Å²) in [6.45, 7) is 2.15. The van der Waals surface area contributed by atoms with Crippen LogP contribution in [0.1, 0.15) is 22.3 Å². The zero-order valence-electron chi connectivity index (χ0n) is 15.6. The van der Waals surface area contributed by atoms with E-state index in [9.17, 15) is 0 Å². The molecule has 0 atom stereocenters. The Balaban J connectivity index is 1.89. The van der Waals surface area contributed by atoms with Gasteiger partial charge in [0.1, 0.15) is 5.75 Å². The summed E-state index contributed by atoms with van der Waals surface area (Å²) in [6, 6.07) is 31.9. The molecule has 0 amide bonds. The summed E-state index contributed by atoms with van der Waals surface area (Å²) in [4.78, 5) is 0. The average Bonchev–Trinajstić information content (AvgIpc) is 2.73. The maximum absolute atomic E-state index is 5.33. The SMILES string of the molecule is COc1ccc(/C(=C\c2ccccc2C)c2ccc3ccccc3c2)cc1. The van der Waals surface area contributed by atoms with Crippen LogP contribution in [-0.2, 0) is 0 Å². The van der Waals surface area contributed by atoms with Crippen molar-refractivity contribution in [2.45, 2.75) is 6.92 Å². The maximum atomic E-state index is 5.33. The molecule has 0 heterocycles. The molecule has 27 heavy (non-hydrogen) atoms. The Hall–Kier alpha value is -3.32. The molecule has 0 radical (unpaired) electrons. The highest BCUT2D eigenvalue weighted by Crippen LogP contribution is 2.30. The molecule has 132 valence electrons. The Morgan fingerprint density at radius 2 is 1.37 bits per heavy atom. The van der Waals surface area contributed by atoms with Crippen LogP contribution in [0.3, 0.4) is 0 Å². The lowest BCUT2D eigenvalue weighted by atomic mass is 9.93. The maximum Gasteiger partial charge on any atom is 0.118 e. The van der Waals surface area contributed by atoms with Crippen LogP contribution in [0.2, 0.25) is 0 Å². The molecular weight excluding hydrogens is 328 g/mol. The van der Waals surface area contributed by atoms with Crippen molar-refractivity contribution < 1.29 is 4.74 Å². The fourth-order valence-corrected chi connectivity index (χ4v) is 3.37. The minimum Gasteiger partial charge on any atom is -0.497 e. The molecule has 0 bridgehead atoms. The normalized spacial score (nSPS) is 11.6. The first kappa shape index (κ1) is 17.1. The lowest BCUT2D eigenvalue weighted by Gasteiger charge is -2.12. The van der Waals surface area contributed by atoms with Crippen LogP contribution in [-0.4, -0.2) is 7.11 Å². The van der Waals surface area contributed by atoms with Crippen molar-refractivity contribution in [3.63, 3.8) is 0 Å². The number of ether oxygens (including phenoxy) is 1. The van der Waals surface area contributed by atoms with Gasteiger partial charge in [-0.2, -0.15) is 0 Å². The summed E-state index contributed by atoms with van der Waals surface area (Å²) >= 11 is 0. The third-order valence-corrected chi connectivity index (χ3v) is 4.95. The van der Waals surface area contributed by atoms with E-state index in [-0.39, 0.29) is 0 Å². The van der Waals surface area contributed by atoms with Crippen molar-refractivity contribution in [3.8, 4) is 5.75 Å². The van der Waals surface area contributed by atoms with Gasteiger partial charge in [0.15, 0.2) is 0 Å². The summed E-state index contributed by atoms with van der Waals surface area (Å²) in [6.07, 6.45) is 2.28. The van der Waals surface area contributed by atoms with Crippen LogP contribution in [0.15, 0.2) is 91.0 Å². The fourth-order valence-electron chi connectivity index (χ4n) is 3.37. The van der Waals surface area contributed by atoms with E-state index in [4.69, 9.17) is 4.74 Å². The quantitative estimate of drug-likeness (QED) is 0.370. The van der Waals surface area contributed by atoms with E-state index in [0.717, 1.165) is 5.75 Å². The molecular formula is C26H22O. The average molecular weight is 350 g/mol. The Labute approximate surface area is 160 Å². The van der Waals surface area contributed by atoms with Crippen LogP contribution >= 0.6 is 0 Å². The van der Waals surface area contributed by atoms with Gasteiger partial charge in [0.2, 0.25) is 0 Å². The number of fused-ring (bicyclic) bond motifs is 1. The second kappa shape index (κ2) is 7.51. The first-order valence-electron chi connectivity index (χ1n) is 9.15. The predicted molar refractivity (Wildman–Crippen MR) is 115 cm³/mol. The van der Waals surface area contributed by atoms with Crippen molar-refractivity contribution in [1.29, 1.82) is 0 Å². The molecule has 0 aliphatic rings. The van der Waals surface area contributed by atoms with Gasteiger partial charge in [0.05, 0.1) is 7.11 Å². The van der Waals surface area contributed by atoms with Crippen LogP contribution in [0.25, 0.3) is 22.4 Å². The molecule has 0 saturated carbocycles. The van der Waals surface area contributed by atoms with Crippen LogP contribution in [0.5, 0.6) is 5.75 Å². The van der Waals surface area contributed by atoms with Gasteiger partial charge in [-0.3, -0.25) is 0 Å². The highest BCUT2D eigenvalue weighted by molar-refractivity contribution is 5.95. The number of aryl methyl sites for hydroxylation is 1. The third kappa shape index (κ3) is 3.63. The molecule has 4 aromatic rings. The van der Waals surface area contributed by atoms with Crippen LogP contribution in [0.4, 0.5) is 0 Å². The Bertz CT molecular complexity index is 1100. The lowest BCUT2D eigenvalue weighted by molar-refractivity contribution is 0.415. The monoisotopic (exact) mass is 350 g/mol. The molecule has 0 N–H and O–H groups in total. The highest BCUT2D eigenvalue weighted by atomic mass is 16.5. The van der Waals surface area contributed by atoms with Crippen molar-refractivity contribution in [2.24, 2.45) is 0 Å². The molecule has 0 fully saturated rings. The molecule has 1 nitrogen and oxygen atoms in total. The molecule has 0 aromatic heterocycles. The van der Waals surface area contributed by atoms with E-state index >= 15 is 0 Å². The summed E-state index contributed by atoms with van der Waals surface area (Å²) in [5.74, 6) is 0.868. The fraction of sp³-hybridized carbons (Fsp3) is 0.0769. The number of hydrogen-bond donors (Lipinski definition) is 0. The molecule has 0 saturated heterocycles. The first-order chi connectivity index (χ1) is 13.2. The first-order valence-corrected chi connectivity index (χ1v) is 9.15. The number of rotatable bonds is 4. The molecule has 0 aliphatic carbocycles. The zero-order chi connectivity index (χ0) is 18.6. The molecule has 0 unspecified atom stereocenters. The largest absolute Gasteiger partial charge is 0.497 e. The van der Waals surface area contributed by atoms with Gasteiger partial charge in [0.25, 0.3) is 0 Å². The van der Waals surface area contributed by atoms with Crippen molar-refractivity contribution in [3.05, 3.63) is 113 Å². The smallest absolute Gasteiger partial charge is 0.118 e. The summed E-state index contributed by atoms with van der Waals surface area (Å²) < 4.78 is 5.33. The number of methoxy groups -OCH3 is 1. The van der Waals surface area contributed by atoms with E-state index in [1.807, 2.05) is 12.1 Å². The summed E-state index contributed by atoms with van der Waals surface area (Å²) in [5, 5.41) is 2.51. The van der Waals surface area contributed by atoms with Gasteiger partial charge >= 0.3 is 0 Å². The minimum absolute atomic E-state index is 0.868. The molecule has 0 aliphatic heterocycles. The van der Waals surface area contributed by atoms with Crippen LogP contribution in [0, 0.1) is 6.92 Å². The third-order valence-electron chi connectivity index (χ3n) is 4.95. The Morgan fingerprint density at radius 3 is 2.11 bits per heavy atom. The van der Waals surface area contributed by atoms with Crippen molar-refractivity contribution in [1.82, 2.24) is 0 Å². The van der Waals surface area contributed by atoms with Gasteiger partial charge in [-0.25, -0.2) is 0 Å². The molecule has 4 aromatic carbocycles. The van der Waals surface area contributed by atoms with Gasteiger partial charge in [-0.1, -0.05) is 72.8 Å². The van der Waals surface area contributed by atoms with Gasteiger partial charge in [-0.05, 0) is 69.8 Å². The summed E-state index contributed by atoms with van der Waals surface area (Å²) in [5.41, 5.74) is 6.09. The zero-order valence-corrected chi connectivity index (χ0v) is 15.6. The van der Waals surface area contributed by atoms with Gasteiger partial charge in [0, 0.05) is 0 Å². The van der Waals surface area contributed by atoms with E-state index in [1.54, 1.807) is 7.11 Å². The van der Waals surface area contributed by atoms with Gasteiger partial charge < -0.3 is 4.74 Å². The van der Waals surface area contributed by atoms with E-state index in [0.29, 0.717) is 0 Å².